The molecule has 0 spiro atoms. The van der Waals surface area contributed by atoms with E-state index >= 15 is 0 Å². The smallest absolute Gasteiger partial charge is 0.347 e. The number of rotatable bonds is 4. The van der Waals surface area contributed by atoms with Crippen LogP contribution in [0.2, 0.25) is 10.3 Å². The van der Waals surface area contributed by atoms with E-state index in [2.05, 4.69) is 9.97 Å². The van der Waals surface area contributed by atoms with Crippen LogP contribution in [-0.4, -0.2) is 21.0 Å². The summed E-state index contributed by atoms with van der Waals surface area (Å²) in [6.45, 7) is 1.68. The van der Waals surface area contributed by atoms with E-state index in [0.29, 0.717) is 26.1 Å². The second kappa shape index (κ2) is 6.09. The van der Waals surface area contributed by atoms with Gasteiger partial charge in [-0.05, 0) is 18.6 Å². The molecule has 4 nitrogen and oxygen atoms in total. The molecule has 8 heteroatoms. The minimum absolute atomic E-state index is 0.267. The van der Waals surface area contributed by atoms with Gasteiger partial charge in [0.25, 0.3) is 0 Å². The van der Waals surface area contributed by atoms with Gasteiger partial charge in [0.2, 0.25) is 0 Å². The van der Waals surface area contributed by atoms with Gasteiger partial charge >= 0.3 is 5.97 Å². The van der Waals surface area contributed by atoms with Crippen molar-refractivity contribution in [3.05, 3.63) is 38.6 Å². The van der Waals surface area contributed by atoms with Gasteiger partial charge in [0.1, 0.15) is 15.2 Å². The molecule has 0 fully saturated rings. The number of halogens is 2. The van der Waals surface area contributed by atoms with Crippen molar-refractivity contribution < 1.29 is 9.90 Å². The maximum atomic E-state index is 10.9. The summed E-state index contributed by atoms with van der Waals surface area (Å²) in [4.78, 5) is 19.3. The molecule has 0 aliphatic rings. The minimum atomic E-state index is -0.951. The maximum absolute atomic E-state index is 10.9. The molecule has 0 saturated heterocycles. The first-order chi connectivity index (χ1) is 8.97. The van der Waals surface area contributed by atoms with Crippen molar-refractivity contribution in [3.63, 3.8) is 0 Å². The Hall–Kier alpha value is -0.820. The summed E-state index contributed by atoms with van der Waals surface area (Å²) in [6, 6.07) is 3.46. The molecule has 100 valence electrons. The number of aromatic carboxylic acids is 1. The molecule has 2 heterocycles. The van der Waals surface area contributed by atoms with E-state index in [1.807, 2.05) is 0 Å². The molecule has 19 heavy (non-hydrogen) atoms. The van der Waals surface area contributed by atoms with E-state index in [-0.39, 0.29) is 4.88 Å². The van der Waals surface area contributed by atoms with Crippen molar-refractivity contribution in [1.82, 2.24) is 9.97 Å². The minimum Gasteiger partial charge on any atom is -0.477 e. The fourth-order valence-corrected chi connectivity index (χ4v) is 3.82. The number of carboxylic acids is 1. The number of aromatic nitrogens is 2. The predicted octanol–water partition coefficient (Wildman–Crippen LogP) is 4.14. The number of thioether (sulfide) groups is 1. The molecule has 0 unspecified atom stereocenters. The molecule has 0 atom stereocenters. The van der Waals surface area contributed by atoms with Gasteiger partial charge in [-0.2, -0.15) is 0 Å². The lowest BCUT2D eigenvalue weighted by atomic mass is 10.3. The number of nitrogens with zero attached hydrogens (tertiary/aromatic N) is 2. The second-order valence-corrected chi connectivity index (χ2v) is 6.54. The van der Waals surface area contributed by atoms with Crippen LogP contribution in [0.25, 0.3) is 0 Å². The van der Waals surface area contributed by atoms with Crippen molar-refractivity contribution in [2.45, 2.75) is 17.0 Å². The lowest BCUT2D eigenvalue weighted by molar-refractivity contribution is 0.0701. The van der Waals surface area contributed by atoms with Gasteiger partial charge in [-0.3, -0.25) is 0 Å². The van der Waals surface area contributed by atoms with E-state index < -0.39 is 5.97 Å². The van der Waals surface area contributed by atoms with E-state index in [4.69, 9.17) is 28.3 Å². The van der Waals surface area contributed by atoms with Crippen LogP contribution in [0.5, 0.6) is 0 Å². The fraction of sp³-hybridized carbons (Fsp3) is 0.182. The van der Waals surface area contributed by atoms with E-state index in [9.17, 15) is 4.79 Å². The Balaban J connectivity index is 2.10. The number of pyridine rings is 1. The molecule has 0 radical (unpaired) electrons. The molecule has 0 aliphatic heterocycles. The molecule has 0 aromatic carbocycles. The molecule has 0 amide bonds. The standard InChI is InChI=1S/C11H8Cl2N2O2S2/c1-5-8(10(16)17)19-11(14-5)18-4-6-2-3-7(12)15-9(6)13/h2-3H,4H2,1H3,(H,16,17). The van der Waals surface area contributed by atoms with Crippen molar-refractivity contribution in [2.24, 2.45) is 0 Å². The van der Waals surface area contributed by atoms with Crippen molar-refractivity contribution in [3.8, 4) is 0 Å². The molecular weight excluding hydrogens is 327 g/mol. The Morgan fingerprint density at radius 1 is 1.42 bits per heavy atom. The number of hydrogen-bond donors (Lipinski definition) is 1. The summed E-state index contributed by atoms with van der Waals surface area (Å²) in [5.74, 6) is -0.386. The quantitative estimate of drug-likeness (QED) is 0.672. The predicted molar refractivity (Wildman–Crippen MR) is 77.6 cm³/mol. The normalized spacial score (nSPS) is 10.7. The van der Waals surface area contributed by atoms with Crippen LogP contribution < -0.4 is 0 Å². The zero-order valence-electron chi connectivity index (χ0n) is 9.68. The van der Waals surface area contributed by atoms with Gasteiger partial charge in [-0.1, -0.05) is 41.0 Å². The van der Waals surface area contributed by atoms with Gasteiger partial charge in [-0.25, -0.2) is 14.8 Å². The Bertz CT molecular complexity index is 631. The molecular formula is C11H8Cl2N2O2S2. The largest absolute Gasteiger partial charge is 0.477 e. The maximum Gasteiger partial charge on any atom is 0.347 e. The second-order valence-electron chi connectivity index (χ2n) is 3.57. The Morgan fingerprint density at radius 3 is 2.74 bits per heavy atom. The number of carbonyl (C=O) groups is 1. The third kappa shape index (κ3) is 3.60. The van der Waals surface area contributed by atoms with E-state index in [1.165, 1.54) is 11.8 Å². The average Bonchev–Trinajstić information content (AvgIpc) is 2.69. The van der Waals surface area contributed by atoms with Crippen LogP contribution in [0.3, 0.4) is 0 Å². The van der Waals surface area contributed by atoms with Crippen LogP contribution in [0.15, 0.2) is 16.5 Å². The van der Waals surface area contributed by atoms with Gasteiger partial charge in [0, 0.05) is 5.75 Å². The highest BCUT2D eigenvalue weighted by molar-refractivity contribution is 8.00. The van der Waals surface area contributed by atoms with Crippen molar-refractivity contribution in [2.75, 3.05) is 0 Å². The highest BCUT2D eigenvalue weighted by Gasteiger charge is 2.14. The SMILES string of the molecule is Cc1nc(SCc2ccc(Cl)nc2Cl)sc1C(=O)O. The Morgan fingerprint density at radius 2 is 2.16 bits per heavy atom. The highest BCUT2D eigenvalue weighted by Crippen LogP contribution is 2.31. The first kappa shape index (κ1) is 14.6. The van der Waals surface area contributed by atoms with Gasteiger partial charge < -0.3 is 5.11 Å². The lowest BCUT2D eigenvalue weighted by Gasteiger charge is -2.01. The van der Waals surface area contributed by atoms with Crippen LogP contribution in [0, 0.1) is 6.92 Å². The van der Waals surface area contributed by atoms with Gasteiger partial charge in [-0.15, -0.1) is 11.3 Å². The Kier molecular flexibility index (Phi) is 4.67. The summed E-state index contributed by atoms with van der Waals surface area (Å²) in [5.41, 5.74) is 1.36. The van der Waals surface area contributed by atoms with Crippen LogP contribution in [0.4, 0.5) is 0 Å². The molecule has 2 aromatic heterocycles. The zero-order valence-corrected chi connectivity index (χ0v) is 12.8. The lowest BCUT2D eigenvalue weighted by Crippen LogP contribution is -1.94. The summed E-state index contributed by atoms with van der Waals surface area (Å²) in [5, 5.41) is 9.65. The first-order valence-corrected chi connectivity index (χ1v) is 7.67. The number of aryl methyl sites for hydroxylation is 1. The number of thiazole rings is 1. The number of carboxylic acid groups (broad SMARTS) is 1. The topological polar surface area (TPSA) is 63.1 Å². The Labute approximate surface area is 127 Å². The highest BCUT2D eigenvalue weighted by atomic mass is 35.5. The summed E-state index contributed by atoms with van der Waals surface area (Å²) >= 11 is 14.3. The summed E-state index contributed by atoms with van der Waals surface area (Å²) < 4.78 is 0.695. The monoisotopic (exact) mass is 334 g/mol. The molecule has 0 saturated carbocycles. The molecule has 2 rings (SSSR count). The zero-order chi connectivity index (χ0) is 14.0. The molecule has 0 bridgehead atoms. The third-order valence-corrected chi connectivity index (χ3v) is 5.09. The van der Waals surface area contributed by atoms with Crippen LogP contribution >= 0.6 is 46.3 Å². The fourth-order valence-electron chi connectivity index (χ4n) is 1.32. The van der Waals surface area contributed by atoms with Crippen LogP contribution in [-0.2, 0) is 5.75 Å². The van der Waals surface area contributed by atoms with Crippen LogP contribution in [0.1, 0.15) is 20.9 Å². The van der Waals surface area contributed by atoms with Gasteiger partial charge in [0.05, 0.1) is 5.69 Å². The van der Waals surface area contributed by atoms with E-state index in [1.54, 1.807) is 19.1 Å². The summed E-state index contributed by atoms with van der Waals surface area (Å²) in [7, 11) is 0. The third-order valence-electron chi connectivity index (χ3n) is 2.21. The van der Waals surface area contributed by atoms with Crippen molar-refractivity contribution >= 4 is 52.3 Å². The molecule has 1 N–H and O–H groups in total. The first-order valence-electron chi connectivity index (χ1n) is 5.12. The van der Waals surface area contributed by atoms with Crippen molar-refractivity contribution in [1.29, 1.82) is 0 Å². The molecule has 2 aromatic rings. The number of hydrogen-bond acceptors (Lipinski definition) is 5. The van der Waals surface area contributed by atoms with E-state index in [0.717, 1.165) is 16.9 Å². The van der Waals surface area contributed by atoms with Gasteiger partial charge in [0.15, 0.2) is 4.34 Å². The molecule has 0 aliphatic carbocycles. The average molecular weight is 335 g/mol. The summed E-state index contributed by atoms with van der Waals surface area (Å²) in [6.07, 6.45) is 0.